The van der Waals surface area contributed by atoms with Crippen molar-refractivity contribution in [2.24, 2.45) is 4.99 Å². The van der Waals surface area contributed by atoms with Crippen molar-refractivity contribution in [1.82, 2.24) is 15.5 Å². The van der Waals surface area contributed by atoms with Crippen molar-refractivity contribution in [3.8, 4) is 0 Å². The van der Waals surface area contributed by atoms with Crippen LogP contribution in [-0.4, -0.2) is 57.3 Å². The third-order valence-electron chi connectivity index (χ3n) is 3.87. The van der Waals surface area contributed by atoms with Gasteiger partial charge >= 0.3 is 6.18 Å². The molecule has 0 unspecified atom stereocenters. The molecule has 1 aromatic carbocycles. The molecule has 0 amide bonds. The first-order valence-electron chi connectivity index (χ1n) is 8.00. The number of hydrogen-bond acceptors (Lipinski definition) is 3. The van der Waals surface area contributed by atoms with Gasteiger partial charge < -0.3 is 15.4 Å². The van der Waals surface area contributed by atoms with Gasteiger partial charge in [0.2, 0.25) is 0 Å². The Kier molecular flexibility index (Phi) is 10.2. The largest absolute Gasteiger partial charge is 0.416 e. The molecule has 1 heterocycles. The second kappa shape index (κ2) is 11.3. The Balaban J connectivity index is 0.00000338. The van der Waals surface area contributed by atoms with E-state index in [4.69, 9.17) is 4.74 Å². The molecule has 1 saturated heterocycles. The Bertz CT molecular complexity index is 595. The van der Waals surface area contributed by atoms with Crippen LogP contribution in [0.15, 0.2) is 27.7 Å². The minimum Gasteiger partial charge on any atom is -0.379 e. The minimum absolute atomic E-state index is 0. The summed E-state index contributed by atoms with van der Waals surface area (Å²) in [6, 6.07) is 4.15. The van der Waals surface area contributed by atoms with Crippen LogP contribution in [-0.2, 0) is 17.5 Å². The SMILES string of the molecule is CN=C(NCCN1CCOCC1)NCc1ccc(Br)cc1C(F)(F)F.I. The van der Waals surface area contributed by atoms with Gasteiger partial charge in [0, 0.05) is 44.2 Å². The van der Waals surface area contributed by atoms with Crippen molar-refractivity contribution in [2.45, 2.75) is 12.7 Å². The lowest BCUT2D eigenvalue weighted by Crippen LogP contribution is -2.44. The summed E-state index contributed by atoms with van der Waals surface area (Å²) >= 11 is 3.08. The van der Waals surface area contributed by atoms with Crippen molar-refractivity contribution in [3.05, 3.63) is 33.8 Å². The van der Waals surface area contributed by atoms with Gasteiger partial charge in [-0.2, -0.15) is 13.2 Å². The molecule has 1 fully saturated rings. The second-order valence-corrected chi connectivity index (χ2v) is 6.52. The normalized spacial score (nSPS) is 16.1. The number of hydrogen-bond donors (Lipinski definition) is 2. The van der Waals surface area contributed by atoms with Crippen LogP contribution in [0.3, 0.4) is 0 Å². The first kappa shape index (κ1) is 23.4. The molecular formula is C16H23BrF3IN4O. The number of morpholine rings is 1. The van der Waals surface area contributed by atoms with E-state index in [9.17, 15) is 13.2 Å². The Morgan fingerprint density at radius 1 is 1.27 bits per heavy atom. The maximum Gasteiger partial charge on any atom is 0.416 e. The second-order valence-electron chi connectivity index (χ2n) is 5.61. The van der Waals surface area contributed by atoms with Crippen LogP contribution in [0.4, 0.5) is 13.2 Å². The zero-order valence-corrected chi connectivity index (χ0v) is 18.3. The van der Waals surface area contributed by atoms with E-state index in [0.29, 0.717) is 17.0 Å². The van der Waals surface area contributed by atoms with Crippen LogP contribution in [0.2, 0.25) is 0 Å². The number of aliphatic imine (C=N–C) groups is 1. The number of ether oxygens (including phenoxy) is 1. The summed E-state index contributed by atoms with van der Waals surface area (Å²) in [6.45, 7) is 4.78. The third kappa shape index (κ3) is 7.57. The Morgan fingerprint density at radius 3 is 2.58 bits per heavy atom. The summed E-state index contributed by atoms with van der Waals surface area (Å²) in [5.74, 6) is 0.476. The Morgan fingerprint density at radius 2 is 1.96 bits per heavy atom. The molecule has 0 aliphatic carbocycles. The van der Waals surface area contributed by atoms with E-state index < -0.39 is 11.7 Å². The molecule has 5 nitrogen and oxygen atoms in total. The quantitative estimate of drug-likeness (QED) is 0.336. The molecule has 0 saturated carbocycles. The van der Waals surface area contributed by atoms with E-state index in [0.717, 1.165) is 38.9 Å². The molecule has 0 radical (unpaired) electrons. The molecule has 2 rings (SSSR count). The molecule has 10 heteroatoms. The number of rotatable bonds is 5. The van der Waals surface area contributed by atoms with Crippen molar-refractivity contribution in [2.75, 3.05) is 46.4 Å². The summed E-state index contributed by atoms with van der Waals surface area (Å²) in [7, 11) is 1.59. The zero-order chi connectivity index (χ0) is 18.3. The van der Waals surface area contributed by atoms with Gasteiger partial charge in [-0.1, -0.05) is 22.0 Å². The summed E-state index contributed by atoms with van der Waals surface area (Å²) in [4.78, 5) is 6.32. The smallest absolute Gasteiger partial charge is 0.379 e. The third-order valence-corrected chi connectivity index (χ3v) is 4.36. The van der Waals surface area contributed by atoms with Crippen LogP contribution >= 0.6 is 39.9 Å². The number of nitrogens with zero attached hydrogens (tertiary/aromatic N) is 2. The van der Waals surface area contributed by atoms with Gasteiger partial charge in [-0.05, 0) is 17.7 Å². The monoisotopic (exact) mass is 550 g/mol. The number of halogens is 5. The average molecular weight is 551 g/mol. The fourth-order valence-corrected chi connectivity index (χ4v) is 2.88. The van der Waals surface area contributed by atoms with Crippen molar-refractivity contribution < 1.29 is 17.9 Å². The lowest BCUT2D eigenvalue weighted by molar-refractivity contribution is -0.138. The predicted molar refractivity (Wildman–Crippen MR) is 110 cm³/mol. The zero-order valence-electron chi connectivity index (χ0n) is 14.4. The van der Waals surface area contributed by atoms with Crippen molar-refractivity contribution >= 4 is 45.9 Å². The fraction of sp³-hybridized carbons (Fsp3) is 0.562. The summed E-state index contributed by atoms with van der Waals surface area (Å²) in [5.41, 5.74) is -0.482. The first-order valence-corrected chi connectivity index (χ1v) is 8.79. The van der Waals surface area contributed by atoms with Gasteiger partial charge in [0.15, 0.2) is 5.96 Å². The molecule has 0 atom stereocenters. The summed E-state index contributed by atoms with van der Waals surface area (Å²) < 4.78 is 45.1. The van der Waals surface area contributed by atoms with Gasteiger partial charge in [0.1, 0.15) is 0 Å². The van der Waals surface area contributed by atoms with Crippen LogP contribution < -0.4 is 10.6 Å². The minimum atomic E-state index is -4.39. The fourth-order valence-electron chi connectivity index (χ4n) is 2.52. The molecule has 1 aromatic rings. The molecule has 0 spiro atoms. The summed E-state index contributed by atoms with van der Waals surface area (Å²) in [6.07, 6.45) is -4.39. The molecule has 0 bridgehead atoms. The highest BCUT2D eigenvalue weighted by Gasteiger charge is 2.33. The Labute approximate surface area is 176 Å². The van der Waals surface area contributed by atoms with Crippen molar-refractivity contribution in [1.29, 1.82) is 0 Å². The highest BCUT2D eigenvalue weighted by atomic mass is 127. The lowest BCUT2D eigenvalue weighted by Gasteiger charge is -2.26. The Hall–Kier alpha value is -0.590. The average Bonchev–Trinajstić information content (AvgIpc) is 2.59. The van der Waals surface area contributed by atoms with E-state index in [1.54, 1.807) is 13.1 Å². The molecule has 2 N–H and O–H groups in total. The molecule has 0 aromatic heterocycles. The van der Waals surface area contributed by atoms with Crippen LogP contribution in [0.1, 0.15) is 11.1 Å². The van der Waals surface area contributed by atoms with E-state index in [2.05, 4.69) is 36.5 Å². The number of benzene rings is 1. The standard InChI is InChI=1S/C16H22BrF3N4O.HI/c1-21-15(22-4-5-24-6-8-25-9-7-24)23-11-12-2-3-13(17)10-14(12)16(18,19)20;/h2-3,10H,4-9,11H2,1H3,(H2,21,22,23);1H. The van der Waals surface area contributed by atoms with Gasteiger partial charge in [0.05, 0.1) is 18.8 Å². The first-order chi connectivity index (χ1) is 11.9. The van der Waals surface area contributed by atoms with Gasteiger partial charge in [-0.3, -0.25) is 9.89 Å². The van der Waals surface area contributed by atoms with Crippen LogP contribution in [0.5, 0.6) is 0 Å². The van der Waals surface area contributed by atoms with Crippen LogP contribution in [0.25, 0.3) is 0 Å². The molecule has 148 valence electrons. The van der Waals surface area contributed by atoms with Gasteiger partial charge in [0.25, 0.3) is 0 Å². The number of guanidine groups is 1. The van der Waals surface area contributed by atoms with E-state index in [-0.39, 0.29) is 36.1 Å². The predicted octanol–water partition coefficient (Wildman–Crippen LogP) is 3.08. The topological polar surface area (TPSA) is 48.9 Å². The van der Waals surface area contributed by atoms with Gasteiger partial charge in [-0.15, -0.1) is 24.0 Å². The maximum atomic E-state index is 13.1. The molecular weight excluding hydrogens is 528 g/mol. The summed E-state index contributed by atoms with van der Waals surface area (Å²) in [5, 5.41) is 6.06. The van der Waals surface area contributed by atoms with E-state index >= 15 is 0 Å². The molecule has 1 aliphatic heterocycles. The lowest BCUT2D eigenvalue weighted by atomic mass is 10.1. The van der Waals surface area contributed by atoms with Gasteiger partial charge in [-0.25, -0.2) is 0 Å². The van der Waals surface area contributed by atoms with E-state index in [1.165, 1.54) is 6.07 Å². The maximum absolute atomic E-state index is 13.1. The highest BCUT2D eigenvalue weighted by molar-refractivity contribution is 14.0. The highest BCUT2D eigenvalue weighted by Crippen LogP contribution is 2.33. The van der Waals surface area contributed by atoms with E-state index in [1.807, 2.05) is 0 Å². The molecule has 26 heavy (non-hydrogen) atoms. The number of nitrogens with one attached hydrogen (secondary N) is 2. The number of alkyl halides is 3. The molecule has 1 aliphatic rings. The van der Waals surface area contributed by atoms with Crippen LogP contribution in [0, 0.1) is 0 Å². The van der Waals surface area contributed by atoms with Crippen molar-refractivity contribution in [3.63, 3.8) is 0 Å².